The highest BCUT2D eigenvalue weighted by Gasteiger charge is 2.17. The van der Waals surface area contributed by atoms with Crippen LogP contribution in [0.5, 0.6) is 5.75 Å². The molecule has 104 valence electrons. The number of benzene rings is 2. The van der Waals surface area contributed by atoms with Crippen molar-refractivity contribution < 1.29 is 9.47 Å². The van der Waals surface area contributed by atoms with Crippen LogP contribution in [0, 0.1) is 13.8 Å². The van der Waals surface area contributed by atoms with Gasteiger partial charge in [-0.05, 0) is 36.6 Å². The maximum atomic E-state index is 5.72. The van der Waals surface area contributed by atoms with E-state index in [9.17, 15) is 0 Å². The van der Waals surface area contributed by atoms with Crippen LogP contribution in [-0.2, 0) is 4.74 Å². The highest BCUT2D eigenvalue weighted by atomic mass is 16.5. The van der Waals surface area contributed by atoms with Crippen LogP contribution in [0.1, 0.15) is 28.4 Å². The van der Waals surface area contributed by atoms with Crippen LogP contribution < -0.4 is 4.74 Å². The van der Waals surface area contributed by atoms with Gasteiger partial charge in [0.05, 0.1) is 13.4 Å². The molecule has 2 aromatic rings. The molecule has 0 saturated carbocycles. The molecule has 0 amide bonds. The van der Waals surface area contributed by atoms with Gasteiger partial charge in [0, 0.05) is 5.56 Å². The van der Waals surface area contributed by atoms with Crippen molar-refractivity contribution >= 4 is 0 Å². The van der Waals surface area contributed by atoms with Crippen LogP contribution in [0.4, 0.5) is 0 Å². The van der Waals surface area contributed by atoms with E-state index in [-0.39, 0.29) is 6.10 Å². The number of methoxy groups -OCH3 is 1. The zero-order valence-electron chi connectivity index (χ0n) is 12.2. The molecule has 2 heteroatoms. The van der Waals surface area contributed by atoms with E-state index in [1.807, 2.05) is 24.3 Å². The lowest BCUT2D eigenvalue weighted by atomic mass is 9.97. The molecule has 2 rings (SSSR count). The predicted octanol–water partition coefficient (Wildman–Crippen LogP) is 4.56. The van der Waals surface area contributed by atoms with Gasteiger partial charge in [0.15, 0.2) is 0 Å². The van der Waals surface area contributed by atoms with E-state index < -0.39 is 0 Å². The fourth-order valence-corrected chi connectivity index (χ4v) is 2.29. The second kappa shape index (κ2) is 6.29. The highest BCUT2D eigenvalue weighted by molar-refractivity contribution is 5.45. The van der Waals surface area contributed by atoms with Crippen molar-refractivity contribution in [2.75, 3.05) is 7.11 Å². The number of hydrogen-bond acceptors (Lipinski definition) is 2. The van der Waals surface area contributed by atoms with Gasteiger partial charge in [-0.3, -0.25) is 0 Å². The third-order valence-electron chi connectivity index (χ3n) is 3.50. The van der Waals surface area contributed by atoms with Crippen LogP contribution in [0.15, 0.2) is 55.3 Å². The summed E-state index contributed by atoms with van der Waals surface area (Å²) in [4.78, 5) is 0. The van der Waals surface area contributed by atoms with Gasteiger partial charge in [-0.2, -0.15) is 0 Å². The molecule has 20 heavy (non-hydrogen) atoms. The van der Waals surface area contributed by atoms with E-state index in [0.717, 1.165) is 22.4 Å². The Kier molecular flexibility index (Phi) is 4.46. The van der Waals surface area contributed by atoms with E-state index in [2.05, 4.69) is 38.6 Å². The van der Waals surface area contributed by atoms with Crippen molar-refractivity contribution in [1.82, 2.24) is 0 Å². The Bertz CT molecular complexity index is 588. The minimum atomic E-state index is -0.165. The first kappa shape index (κ1) is 14.2. The lowest BCUT2D eigenvalue weighted by Gasteiger charge is -2.20. The third-order valence-corrected chi connectivity index (χ3v) is 3.50. The molecule has 0 spiro atoms. The fourth-order valence-electron chi connectivity index (χ4n) is 2.29. The molecular formula is C18H20O2. The van der Waals surface area contributed by atoms with Crippen molar-refractivity contribution in [3.63, 3.8) is 0 Å². The van der Waals surface area contributed by atoms with Crippen LogP contribution >= 0.6 is 0 Å². The van der Waals surface area contributed by atoms with Gasteiger partial charge in [0.25, 0.3) is 0 Å². The van der Waals surface area contributed by atoms with Crippen molar-refractivity contribution in [1.29, 1.82) is 0 Å². The van der Waals surface area contributed by atoms with Crippen LogP contribution in [0.25, 0.3) is 0 Å². The van der Waals surface area contributed by atoms with E-state index in [1.54, 1.807) is 7.11 Å². The Balaban J connectivity index is 2.50. The predicted molar refractivity (Wildman–Crippen MR) is 82.0 cm³/mol. The van der Waals surface area contributed by atoms with Crippen molar-refractivity contribution in [3.05, 3.63) is 77.6 Å². The maximum Gasteiger partial charge on any atom is 0.148 e. The van der Waals surface area contributed by atoms with Crippen LogP contribution in [0.3, 0.4) is 0 Å². The van der Waals surface area contributed by atoms with Crippen molar-refractivity contribution in [2.45, 2.75) is 20.0 Å². The summed E-state index contributed by atoms with van der Waals surface area (Å²) in [6, 6.07) is 14.3. The molecule has 0 unspecified atom stereocenters. The second-order valence-corrected chi connectivity index (χ2v) is 4.76. The Labute approximate surface area is 120 Å². The second-order valence-electron chi connectivity index (χ2n) is 4.76. The van der Waals surface area contributed by atoms with E-state index in [4.69, 9.17) is 9.47 Å². The summed E-state index contributed by atoms with van der Waals surface area (Å²) in [5, 5.41) is 0. The van der Waals surface area contributed by atoms with E-state index >= 15 is 0 Å². The zero-order valence-corrected chi connectivity index (χ0v) is 12.2. The third kappa shape index (κ3) is 2.85. The number of hydrogen-bond donors (Lipinski definition) is 0. The monoisotopic (exact) mass is 268 g/mol. The first-order chi connectivity index (χ1) is 9.67. The van der Waals surface area contributed by atoms with Gasteiger partial charge in [0.2, 0.25) is 0 Å². The highest BCUT2D eigenvalue weighted by Crippen LogP contribution is 2.32. The molecule has 2 nitrogen and oxygen atoms in total. The lowest BCUT2D eigenvalue weighted by Crippen LogP contribution is -2.04. The Morgan fingerprint density at radius 3 is 2.35 bits per heavy atom. The van der Waals surface area contributed by atoms with Gasteiger partial charge in [-0.15, -0.1) is 0 Å². The summed E-state index contributed by atoms with van der Waals surface area (Å²) in [6.07, 6.45) is 1.32. The summed E-state index contributed by atoms with van der Waals surface area (Å²) in [7, 11) is 1.69. The quantitative estimate of drug-likeness (QED) is 0.740. The minimum Gasteiger partial charge on any atom is -0.496 e. The number of ether oxygens (including phenoxy) is 2. The molecule has 0 aliphatic carbocycles. The summed E-state index contributed by atoms with van der Waals surface area (Å²) >= 11 is 0. The first-order valence-corrected chi connectivity index (χ1v) is 6.63. The summed E-state index contributed by atoms with van der Waals surface area (Å²) in [6.45, 7) is 7.82. The molecule has 1 atom stereocenters. The topological polar surface area (TPSA) is 18.5 Å². The standard InChI is InChI=1S/C18H20O2/c1-5-20-18(15-9-7-6-8-10-15)16-11-13(2)14(3)17(12-16)19-4/h5-12,18H,1H2,2-4H3/t18-/m1/s1. The van der Waals surface area contributed by atoms with E-state index in [0.29, 0.717) is 0 Å². The molecular weight excluding hydrogens is 248 g/mol. The largest absolute Gasteiger partial charge is 0.496 e. The van der Waals surface area contributed by atoms with Crippen molar-refractivity contribution in [3.8, 4) is 5.75 Å². The van der Waals surface area contributed by atoms with Crippen LogP contribution in [-0.4, -0.2) is 7.11 Å². The average Bonchev–Trinajstić information content (AvgIpc) is 2.48. The maximum absolute atomic E-state index is 5.72. The molecule has 0 fully saturated rings. The zero-order chi connectivity index (χ0) is 14.5. The summed E-state index contributed by atoms with van der Waals surface area (Å²) in [5.41, 5.74) is 4.50. The van der Waals surface area contributed by atoms with Gasteiger partial charge in [-0.1, -0.05) is 43.0 Å². The SMILES string of the molecule is C=CO[C@H](c1ccccc1)c1cc(C)c(C)c(OC)c1. The molecule has 0 bridgehead atoms. The smallest absolute Gasteiger partial charge is 0.148 e. The fraction of sp³-hybridized carbons (Fsp3) is 0.222. The molecule has 0 aliphatic heterocycles. The molecule has 0 saturated heterocycles. The van der Waals surface area contributed by atoms with Gasteiger partial charge >= 0.3 is 0 Å². The average molecular weight is 268 g/mol. The lowest BCUT2D eigenvalue weighted by molar-refractivity contribution is 0.183. The summed E-state index contributed by atoms with van der Waals surface area (Å²) in [5.74, 6) is 0.883. The molecule has 2 aromatic carbocycles. The normalized spacial score (nSPS) is 11.8. The van der Waals surface area contributed by atoms with Gasteiger partial charge < -0.3 is 9.47 Å². The van der Waals surface area contributed by atoms with Crippen molar-refractivity contribution in [2.24, 2.45) is 0 Å². The molecule has 0 aromatic heterocycles. The Morgan fingerprint density at radius 1 is 1.05 bits per heavy atom. The minimum absolute atomic E-state index is 0.165. The molecule has 0 heterocycles. The van der Waals surface area contributed by atoms with Crippen LogP contribution in [0.2, 0.25) is 0 Å². The molecule has 0 N–H and O–H groups in total. The molecule has 0 radical (unpaired) electrons. The Morgan fingerprint density at radius 2 is 1.75 bits per heavy atom. The first-order valence-electron chi connectivity index (χ1n) is 6.63. The number of aryl methyl sites for hydroxylation is 1. The number of rotatable bonds is 5. The van der Waals surface area contributed by atoms with Gasteiger partial charge in [-0.25, -0.2) is 0 Å². The van der Waals surface area contributed by atoms with Gasteiger partial charge in [0.1, 0.15) is 11.9 Å². The van der Waals surface area contributed by atoms with E-state index in [1.165, 1.54) is 11.8 Å². The molecule has 0 aliphatic rings. The summed E-state index contributed by atoms with van der Waals surface area (Å²) < 4.78 is 11.2. The Hall–Kier alpha value is -2.22.